The lowest BCUT2D eigenvalue weighted by Gasteiger charge is -2.28. The Morgan fingerprint density at radius 2 is 1.81 bits per heavy atom. The van der Waals surface area contributed by atoms with Gasteiger partial charge in [-0.1, -0.05) is 45.8 Å². The standard InChI is InChI=1S/C20H18BrN3O5S2/c1-12-2-8-15(9-3-12)31(27,28)24-17(13-4-6-14(21)7-5-13)16(22-19(24)30)18(25)23-10-11-29-20(23)26/h2-9,16-17H,10-11H2,1H3,(H,22,30)/t16-,17-/m0/s1. The Bertz CT molecular complexity index is 1150. The summed E-state index contributed by atoms with van der Waals surface area (Å²) in [4.78, 5) is 26.2. The highest BCUT2D eigenvalue weighted by atomic mass is 79.9. The quantitative estimate of drug-likeness (QED) is 0.615. The van der Waals surface area contributed by atoms with Gasteiger partial charge in [0.1, 0.15) is 18.7 Å². The lowest BCUT2D eigenvalue weighted by atomic mass is 10.00. The Hall–Kier alpha value is -2.50. The van der Waals surface area contributed by atoms with Crippen molar-refractivity contribution in [1.29, 1.82) is 0 Å². The molecule has 2 aliphatic heterocycles. The van der Waals surface area contributed by atoms with Gasteiger partial charge in [-0.25, -0.2) is 22.4 Å². The molecule has 0 aliphatic carbocycles. The van der Waals surface area contributed by atoms with Crippen LogP contribution in [-0.4, -0.2) is 53.9 Å². The number of halogens is 1. The summed E-state index contributed by atoms with van der Waals surface area (Å²) in [7, 11) is -4.08. The maximum Gasteiger partial charge on any atom is 0.416 e. The van der Waals surface area contributed by atoms with Gasteiger partial charge in [0.25, 0.3) is 15.9 Å². The Labute approximate surface area is 193 Å². The van der Waals surface area contributed by atoms with Crippen LogP contribution in [0.25, 0.3) is 0 Å². The molecule has 2 atom stereocenters. The van der Waals surface area contributed by atoms with Crippen LogP contribution in [-0.2, 0) is 19.6 Å². The molecule has 0 saturated carbocycles. The highest BCUT2D eigenvalue weighted by Crippen LogP contribution is 2.36. The van der Waals surface area contributed by atoms with Crippen LogP contribution in [0.15, 0.2) is 57.9 Å². The molecule has 0 aromatic heterocycles. The van der Waals surface area contributed by atoms with Gasteiger partial charge in [-0.2, -0.15) is 0 Å². The number of imide groups is 1. The zero-order chi connectivity index (χ0) is 22.3. The van der Waals surface area contributed by atoms with E-state index in [0.29, 0.717) is 5.56 Å². The summed E-state index contributed by atoms with van der Waals surface area (Å²) in [5.41, 5.74) is 1.46. The number of benzene rings is 2. The molecule has 0 unspecified atom stereocenters. The average molecular weight is 524 g/mol. The number of carbonyl (C=O) groups is 2. The molecule has 2 heterocycles. The van der Waals surface area contributed by atoms with Crippen LogP contribution in [0.1, 0.15) is 17.2 Å². The van der Waals surface area contributed by atoms with Crippen LogP contribution in [0, 0.1) is 6.92 Å². The van der Waals surface area contributed by atoms with Gasteiger partial charge in [0, 0.05) is 4.47 Å². The summed E-state index contributed by atoms with van der Waals surface area (Å²) >= 11 is 8.72. The SMILES string of the molecule is Cc1ccc(S(=O)(=O)N2C(=S)N[C@H](C(=O)N3CCOC3=O)[C@@H]2c2ccc(Br)cc2)cc1. The zero-order valence-electron chi connectivity index (χ0n) is 16.3. The Morgan fingerprint density at radius 1 is 1.16 bits per heavy atom. The van der Waals surface area contributed by atoms with Crippen molar-refractivity contribution in [1.82, 2.24) is 14.5 Å². The minimum Gasteiger partial charge on any atom is -0.447 e. The summed E-state index contributed by atoms with van der Waals surface area (Å²) in [5.74, 6) is -0.598. The first-order valence-electron chi connectivity index (χ1n) is 9.35. The number of carbonyl (C=O) groups excluding carboxylic acids is 2. The predicted molar refractivity (Wildman–Crippen MR) is 120 cm³/mol. The Kier molecular flexibility index (Phi) is 5.75. The Balaban J connectivity index is 1.80. The van der Waals surface area contributed by atoms with Crippen molar-refractivity contribution in [2.75, 3.05) is 13.2 Å². The van der Waals surface area contributed by atoms with Crippen LogP contribution in [0.2, 0.25) is 0 Å². The third-order valence-corrected chi connectivity index (χ3v) is 7.88. The monoisotopic (exact) mass is 523 g/mol. The van der Waals surface area contributed by atoms with Crippen LogP contribution in [0.5, 0.6) is 0 Å². The molecule has 11 heteroatoms. The molecular weight excluding hydrogens is 506 g/mol. The number of hydrogen-bond donors (Lipinski definition) is 1. The van der Waals surface area contributed by atoms with Crippen LogP contribution in [0.3, 0.4) is 0 Å². The molecular formula is C20H18BrN3O5S2. The summed E-state index contributed by atoms with van der Waals surface area (Å²) in [5, 5.41) is 2.71. The van der Waals surface area contributed by atoms with Gasteiger partial charge in [-0.05, 0) is 49.0 Å². The van der Waals surface area contributed by atoms with E-state index >= 15 is 0 Å². The molecule has 1 N–H and O–H groups in total. The van der Waals surface area contributed by atoms with Crippen molar-refractivity contribution >= 4 is 55.3 Å². The van der Waals surface area contributed by atoms with Gasteiger partial charge in [0.15, 0.2) is 5.11 Å². The number of nitrogens with zero attached hydrogens (tertiary/aromatic N) is 2. The fourth-order valence-electron chi connectivity index (χ4n) is 3.57. The summed E-state index contributed by atoms with van der Waals surface area (Å²) in [6, 6.07) is 11.2. The molecule has 4 rings (SSSR count). The van der Waals surface area contributed by atoms with Gasteiger partial charge in [-0.15, -0.1) is 0 Å². The number of nitrogens with one attached hydrogen (secondary N) is 1. The number of rotatable bonds is 4. The minimum absolute atomic E-state index is 0.0537. The number of thiocarbonyl (C=S) groups is 1. The van der Waals surface area contributed by atoms with Crippen molar-refractivity contribution < 1.29 is 22.7 Å². The lowest BCUT2D eigenvalue weighted by molar-refractivity contribution is -0.130. The molecule has 2 aromatic carbocycles. The second kappa shape index (κ2) is 8.21. The molecule has 2 aromatic rings. The van der Waals surface area contributed by atoms with E-state index in [1.54, 1.807) is 36.4 Å². The maximum atomic E-state index is 13.5. The molecule has 0 radical (unpaired) electrons. The van der Waals surface area contributed by atoms with Gasteiger partial charge < -0.3 is 10.1 Å². The first-order chi connectivity index (χ1) is 14.7. The first kappa shape index (κ1) is 21.7. The zero-order valence-corrected chi connectivity index (χ0v) is 19.5. The predicted octanol–water partition coefficient (Wildman–Crippen LogP) is 2.73. The van der Waals surface area contributed by atoms with E-state index in [0.717, 1.165) is 19.2 Å². The molecule has 2 aliphatic rings. The average Bonchev–Trinajstić information content (AvgIpc) is 3.32. The number of amides is 2. The van der Waals surface area contributed by atoms with E-state index in [4.69, 9.17) is 17.0 Å². The van der Waals surface area contributed by atoms with Gasteiger partial charge >= 0.3 is 6.09 Å². The minimum atomic E-state index is -4.08. The van der Waals surface area contributed by atoms with Crippen molar-refractivity contribution in [3.05, 3.63) is 64.1 Å². The van der Waals surface area contributed by atoms with E-state index in [2.05, 4.69) is 21.2 Å². The molecule has 8 nitrogen and oxygen atoms in total. The van der Waals surface area contributed by atoms with E-state index in [1.165, 1.54) is 12.1 Å². The molecule has 0 bridgehead atoms. The number of aryl methyl sites for hydroxylation is 1. The smallest absolute Gasteiger partial charge is 0.416 e. The van der Waals surface area contributed by atoms with Crippen LogP contribution in [0.4, 0.5) is 4.79 Å². The summed E-state index contributed by atoms with van der Waals surface area (Å²) in [6.45, 7) is 2.04. The fourth-order valence-corrected chi connectivity index (χ4v) is 5.89. The fraction of sp³-hybridized carbons (Fsp3) is 0.250. The maximum absolute atomic E-state index is 13.5. The van der Waals surface area contributed by atoms with Crippen LogP contribution >= 0.6 is 28.1 Å². The topological polar surface area (TPSA) is 96.0 Å². The number of cyclic esters (lactones) is 1. The molecule has 31 heavy (non-hydrogen) atoms. The third-order valence-electron chi connectivity index (χ3n) is 5.13. The molecule has 2 amide bonds. The molecule has 162 valence electrons. The van der Waals surface area contributed by atoms with Crippen LogP contribution < -0.4 is 5.32 Å². The molecule has 2 fully saturated rings. The van der Waals surface area contributed by atoms with E-state index < -0.39 is 34.1 Å². The van der Waals surface area contributed by atoms with Gasteiger partial charge in [-0.3, -0.25) is 4.79 Å². The number of ether oxygens (including phenoxy) is 1. The van der Waals surface area contributed by atoms with E-state index in [-0.39, 0.29) is 23.2 Å². The highest BCUT2D eigenvalue weighted by molar-refractivity contribution is 9.10. The van der Waals surface area contributed by atoms with E-state index in [1.807, 2.05) is 6.92 Å². The largest absolute Gasteiger partial charge is 0.447 e. The summed E-state index contributed by atoms with van der Waals surface area (Å²) in [6.07, 6.45) is -0.757. The number of hydrogen-bond acceptors (Lipinski definition) is 6. The summed E-state index contributed by atoms with van der Waals surface area (Å²) < 4.78 is 33.8. The Morgan fingerprint density at radius 3 is 2.39 bits per heavy atom. The van der Waals surface area contributed by atoms with Gasteiger partial charge in [0.2, 0.25) is 0 Å². The number of sulfonamides is 1. The second-order valence-corrected chi connectivity index (χ2v) is 10.3. The highest BCUT2D eigenvalue weighted by Gasteiger charge is 2.50. The van der Waals surface area contributed by atoms with Gasteiger partial charge in [0.05, 0.1) is 11.4 Å². The first-order valence-corrected chi connectivity index (χ1v) is 12.0. The van der Waals surface area contributed by atoms with Crippen molar-refractivity contribution in [3.63, 3.8) is 0 Å². The van der Waals surface area contributed by atoms with Crippen molar-refractivity contribution in [2.45, 2.75) is 23.9 Å². The van der Waals surface area contributed by atoms with Crippen molar-refractivity contribution in [2.24, 2.45) is 0 Å². The molecule has 2 saturated heterocycles. The van der Waals surface area contributed by atoms with Crippen molar-refractivity contribution in [3.8, 4) is 0 Å². The second-order valence-electron chi connectivity index (χ2n) is 7.14. The third kappa shape index (κ3) is 3.92. The van der Waals surface area contributed by atoms with E-state index in [9.17, 15) is 18.0 Å². The molecule has 0 spiro atoms. The normalized spacial score (nSPS) is 21.2. The lowest BCUT2D eigenvalue weighted by Crippen LogP contribution is -2.47.